The molecule has 4 aromatic rings. The lowest BCUT2D eigenvalue weighted by Crippen LogP contribution is -2.32. The number of rotatable bonds is 9. The number of benzene rings is 2. The number of ether oxygens (including phenoxy) is 1. The number of nitrogens with zero attached hydrogens (tertiary/aromatic N) is 3. The highest BCUT2D eigenvalue weighted by Gasteiger charge is 2.17. The Bertz CT molecular complexity index is 1280. The Kier molecular flexibility index (Phi) is 7.47. The molecule has 0 aliphatic rings. The minimum absolute atomic E-state index is 0.0158. The Morgan fingerprint density at radius 2 is 1.85 bits per heavy atom. The number of thioether (sulfide) groups is 1. The van der Waals surface area contributed by atoms with Gasteiger partial charge in [0, 0.05) is 13.1 Å². The summed E-state index contributed by atoms with van der Waals surface area (Å²) in [5, 5.41) is 2.42. The molecule has 0 aliphatic heterocycles. The fraction of sp³-hybridized carbons (Fsp3) is 0.240. The molecular weight excluding hydrogens is 454 g/mol. The molecule has 8 heteroatoms. The molecule has 0 spiro atoms. The molecule has 6 nitrogen and oxygen atoms in total. The first kappa shape index (κ1) is 23.1. The molecule has 0 unspecified atom stereocenters. The van der Waals surface area contributed by atoms with Gasteiger partial charge < -0.3 is 9.64 Å². The van der Waals surface area contributed by atoms with E-state index in [1.54, 1.807) is 11.7 Å². The maximum atomic E-state index is 13.2. The Hall–Kier alpha value is -3.10. The van der Waals surface area contributed by atoms with E-state index in [2.05, 4.69) is 0 Å². The van der Waals surface area contributed by atoms with Gasteiger partial charge in [0.1, 0.15) is 10.4 Å². The molecule has 2 heterocycles. The van der Waals surface area contributed by atoms with E-state index in [1.165, 1.54) is 23.1 Å². The lowest BCUT2D eigenvalue weighted by Gasteiger charge is -2.21. The Morgan fingerprint density at radius 3 is 2.55 bits per heavy atom. The fourth-order valence-electron chi connectivity index (χ4n) is 3.48. The van der Waals surface area contributed by atoms with Crippen molar-refractivity contribution in [2.24, 2.45) is 0 Å². The molecule has 0 N–H and O–H groups in total. The molecule has 0 fully saturated rings. The van der Waals surface area contributed by atoms with Crippen LogP contribution in [0.5, 0.6) is 5.75 Å². The first-order chi connectivity index (χ1) is 16.1. The standard InChI is InChI=1S/C25H25N3O3S2/c1-3-27(15-18-7-5-4-6-8-18)22(29)17-33-25-26-21-13-14-32-23(21)24(30)28(25)16-19-9-11-20(31-2)12-10-19/h4-14H,3,15-17H2,1-2H3. The smallest absolute Gasteiger partial charge is 0.272 e. The molecule has 0 radical (unpaired) electrons. The molecule has 2 aromatic carbocycles. The van der Waals surface area contributed by atoms with E-state index >= 15 is 0 Å². The van der Waals surface area contributed by atoms with E-state index in [4.69, 9.17) is 9.72 Å². The van der Waals surface area contributed by atoms with Crippen molar-refractivity contribution in [2.75, 3.05) is 19.4 Å². The number of amides is 1. The van der Waals surface area contributed by atoms with Gasteiger partial charge in [-0.2, -0.15) is 0 Å². The van der Waals surface area contributed by atoms with Crippen LogP contribution in [0.3, 0.4) is 0 Å². The first-order valence-corrected chi connectivity index (χ1v) is 12.5. The minimum atomic E-state index is -0.0857. The van der Waals surface area contributed by atoms with Crippen molar-refractivity contribution in [2.45, 2.75) is 25.2 Å². The zero-order valence-electron chi connectivity index (χ0n) is 18.6. The second-order valence-corrected chi connectivity index (χ2v) is 9.31. The number of thiophene rings is 1. The first-order valence-electron chi connectivity index (χ1n) is 10.6. The van der Waals surface area contributed by atoms with Crippen molar-refractivity contribution < 1.29 is 9.53 Å². The van der Waals surface area contributed by atoms with Gasteiger partial charge in [-0.1, -0.05) is 54.2 Å². The molecule has 2 aromatic heterocycles. The molecule has 170 valence electrons. The molecular formula is C25H25N3O3S2. The maximum absolute atomic E-state index is 13.2. The predicted molar refractivity (Wildman–Crippen MR) is 134 cm³/mol. The molecule has 0 atom stereocenters. The van der Waals surface area contributed by atoms with Gasteiger partial charge in [-0.3, -0.25) is 14.2 Å². The normalized spacial score (nSPS) is 11.0. The SMILES string of the molecule is CCN(Cc1ccccc1)C(=O)CSc1nc2ccsc2c(=O)n1Cc1ccc(OC)cc1. The summed E-state index contributed by atoms with van der Waals surface area (Å²) >= 11 is 2.70. The summed E-state index contributed by atoms with van der Waals surface area (Å²) in [7, 11) is 1.62. The number of carbonyl (C=O) groups is 1. The van der Waals surface area contributed by atoms with Gasteiger partial charge in [0.15, 0.2) is 5.16 Å². The summed E-state index contributed by atoms with van der Waals surface area (Å²) in [6, 6.07) is 19.4. The van der Waals surface area contributed by atoms with Crippen molar-refractivity contribution in [1.29, 1.82) is 0 Å². The number of fused-ring (bicyclic) bond motifs is 1. The molecule has 4 rings (SSSR count). The van der Waals surface area contributed by atoms with Crippen LogP contribution < -0.4 is 10.3 Å². The highest BCUT2D eigenvalue weighted by Crippen LogP contribution is 2.23. The van der Waals surface area contributed by atoms with Crippen molar-refractivity contribution >= 4 is 39.2 Å². The van der Waals surface area contributed by atoms with Gasteiger partial charge in [0.25, 0.3) is 5.56 Å². The van der Waals surface area contributed by atoms with Crippen LogP contribution in [0, 0.1) is 0 Å². The van der Waals surface area contributed by atoms with Crippen LogP contribution in [0.1, 0.15) is 18.1 Å². The predicted octanol–water partition coefficient (Wildman–Crippen LogP) is 4.66. The number of hydrogen-bond donors (Lipinski definition) is 0. The van der Waals surface area contributed by atoms with Crippen LogP contribution in [0.2, 0.25) is 0 Å². The highest BCUT2D eigenvalue weighted by molar-refractivity contribution is 7.99. The Morgan fingerprint density at radius 1 is 1.09 bits per heavy atom. The van der Waals surface area contributed by atoms with Gasteiger partial charge in [0.2, 0.25) is 5.91 Å². The number of methoxy groups -OCH3 is 1. The number of hydrogen-bond acceptors (Lipinski definition) is 6. The minimum Gasteiger partial charge on any atom is -0.497 e. The second-order valence-electron chi connectivity index (χ2n) is 7.45. The average molecular weight is 480 g/mol. The Balaban J connectivity index is 1.56. The summed E-state index contributed by atoms with van der Waals surface area (Å²) < 4.78 is 7.51. The van der Waals surface area contributed by atoms with E-state index in [9.17, 15) is 9.59 Å². The molecule has 0 saturated heterocycles. The van der Waals surface area contributed by atoms with E-state index in [1.807, 2.05) is 77.9 Å². The van der Waals surface area contributed by atoms with Crippen LogP contribution in [-0.2, 0) is 17.9 Å². The third-order valence-electron chi connectivity index (χ3n) is 5.31. The van der Waals surface area contributed by atoms with Gasteiger partial charge in [-0.15, -0.1) is 11.3 Å². The van der Waals surface area contributed by atoms with Crippen molar-refractivity contribution in [1.82, 2.24) is 14.5 Å². The van der Waals surface area contributed by atoms with Crippen LogP contribution in [0.15, 0.2) is 76.0 Å². The average Bonchev–Trinajstić information content (AvgIpc) is 3.33. The van der Waals surface area contributed by atoms with Gasteiger partial charge in [0.05, 0.1) is 24.9 Å². The van der Waals surface area contributed by atoms with Gasteiger partial charge in [-0.05, 0) is 41.6 Å². The zero-order chi connectivity index (χ0) is 23.2. The fourth-order valence-corrected chi connectivity index (χ4v) is 5.16. The summed E-state index contributed by atoms with van der Waals surface area (Å²) in [6.07, 6.45) is 0. The second kappa shape index (κ2) is 10.7. The lowest BCUT2D eigenvalue weighted by atomic mass is 10.2. The van der Waals surface area contributed by atoms with E-state index in [0.717, 1.165) is 16.9 Å². The van der Waals surface area contributed by atoms with E-state index < -0.39 is 0 Å². The monoisotopic (exact) mass is 479 g/mol. The lowest BCUT2D eigenvalue weighted by molar-refractivity contribution is -0.128. The van der Waals surface area contributed by atoms with Crippen LogP contribution in [0.25, 0.3) is 10.2 Å². The van der Waals surface area contributed by atoms with E-state index in [-0.39, 0.29) is 17.2 Å². The highest BCUT2D eigenvalue weighted by atomic mass is 32.2. The van der Waals surface area contributed by atoms with Gasteiger partial charge in [-0.25, -0.2) is 4.98 Å². The summed E-state index contributed by atoms with van der Waals surface area (Å²) in [6.45, 7) is 3.53. The van der Waals surface area contributed by atoms with Crippen molar-refractivity contribution in [3.05, 3.63) is 87.5 Å². The van der Waals surface area contributed by atoms with Crippen LogP contribution >= 0.6 is 23.1 Å². The van der Waals surface area contributed by atoms with Crippen molar-refractivity contribution in [3.63, 3.8) is 0 Å². The quantitative estimate of drug-likeness (QED) is 0.258. The van der Waals surface area contributed by atoms with Crippen molar-refractivity contribution in [3.8, 4) is 5.75 Å². The van der Waals surface area contributed by atoms with E-state index in [0.29, 0.717) is 35.0 Å². The maximum Gasteiger partial charge on any atom is 0.272 e. The third kappa shape index (κ3) is 5.46. The third-order valence-corrected chi connectivity index (χ3v) is 7.16. The molecule has 0 bridgehead atoms. The van der Waals surface area contributed by atoms with Crippen LogP contribution in [-0.4, -0.2) is 39.8 Å². The van der Waals surface area contributed by atoms with Crippen LogP contribution in [0.4, 0.5) is 0 Å². The van der Waals surface area contributed by atoms with Gasteiger partial charge >= 0.3 is 0 Å². The largest absolute Gasteiger partial charge is 0.497 e. The summed E-state index contributed by atoms with van der Waals surface area (Å²) in [5.41, 5.74) is 2.63. The molecule has 0 aliphatic carbocycles. The molecule has 33 heavy (non-hydrogen) atoms. The topological polar surface area (TPSA) is 64.4 Å². The number of aromatic nitrogens is 2. The zero-order valence-corrected chi connectivity index (χ0v) is 20.2. The summed E-state index contributed by atoms with van der Waals surface area (Å²) in [5.74, 6) is 0.990. The molecule has 1 amide bonds. The number of carbonyl (C=O) groups excluding carboxylic acids is 1. The summed E-state index contributed by atoms with van der Waals surface area (Å²) in [4.78, 5) is 32.7. The molecule has 0 saturated carbocycles. The Labute approximate surface area is 200 Å².